The van der Waals surface area contributed by atoms with Crippen molar-refractivity contribution in [3.63, 3.8) is 0 Å². The van der Waals surface area contributed by atoms with Crippen LogP contribution in [-0.4, -0.2) is 35.6 Å². The number of fused-ring (bicyclic) bond motifs is 1. The molecule has 0 radical (unpaired) electrons. The zero-order valence-electron chi connectivity index (χ0n) is 14.3. The molecule has 0 aromatic heterocycles. The second-order valence-corrected chi connectivity index (χ2v) is 6.63. The molecule has 126 valence electrons. The van der Waals surface area contributed by atoms with Gasteiger partial charge in [-0.3, -0.25) is 9.59 Å². The van der Waals surface area contributed by atoms with Crippen LogP contribution in [0.5, 0.6) is 0 Å². The van der Waals surface area contributed by atoms with Crippen molar-refractivity contribution < 1.29 is 14.7 Å². The van der Waals surface area contributed by atoms with Crippen LogP contribution in [0.1, 0.15) is 38.3 Å². The average Bonchev–Trinajstić information content (AvgIpc) is 2.96. The van der Waals surface area contributed by atoms with Gasteiger partial charge in [-0.05, 0) is 43.4 Å². The van der Waals surface area contributed by atoms with Crippen molar-refractivity contribution in [2.45, 2.75) is 46.1 Å². The maximum absolute atomic E-state index is 12.4. The molecule has 0 fully saturated rings. The molecule has 1 heterocycles. The number of anilines is 1. The van der Waals surface area contributed by atoms with Gasteiger partial charge in [-0.25, -0.2) is 0 Å². The van der Waals surface area contributed by atoms with Crippen molar-refractivity contribution in [1.29, 1.82) is 0 Å². The summed E-state index contributed by atoms with van der Waals surface area (Å²) in [6, 6.07) is 5.78. The molecule has 5 heteroatoms. The first-order chi connectivity index (χ1) is 10.8. The van der Waals surface area contributed by atoms with Crippen molar-refractivity contribution in [2.24, 2.45) is 5.92 Å². The van der Waals surface area contributed by atoms with Crippen LogP contribution in [0, 0.1) is 12.8 Å². The Hall–Kier alpha value is -1.88. The first-order valence-electron chi connectivity index (χ1n) is 8.18. The van der Waals surface area contributed by atoms with E-state index in [4.69, 9.17) is 0 Å². The molecular weight excluding hydrogens is 292 g/mol. The first-order valence-corrected chi connectivity index (χ1v) is 8.18. The van der Waals surface area contributed by atoms with Gasteiger partial charge in [0.15, 0.2) is 0 Å². The monoisotopic (exact) mass is 318 g/mol. The van der Waals surface area contributed by atoms with Crippen molar-refractivity contribution >= 4 is 17.5 Å². The summed E-state index contributed by atoms with van der Waals surface area (Å²) < 4.78 is 0. The highest BCUT2D eigenvalue weighted by Gasteiger charge is 2.32. The van der Waals surface area contributed by atoms with Crippen molar-refractivity contribution in [2.75, 3.05) is 18.0 Å². The molecule has 0 saturated heterocycles. The van der Waals surface area contributed by atoms with Crippen molar-refractivity contribution in [1.82, 2.24) is 5.32 Å². The van der Waals surface area contributed by atoms with E-state index in [-0.39, 0.29) is 12.5 Å². The largest absolute Gasteiger partial charge is 0.388 e. The zero-order valence-corrected chi connectivity index (χ0v) is 14.3. The van der Waals surface area contributed by atoms with Crippen molar-refractivity contribution in [3.8, 4) is 0 Å². The predicted octanol–water partition coefficient (Wildman–Crippen LogP) is 1.80. The number of carbonyl (C=O) groups excluding carboxylic acids is 2. The zero-order chi connectivity index (χ0) is 17.2. The Labute approximate surface area is 137 Å². The first kappa shape index (κ1) is 17.5. The lowest BCUT2D eigenvalue weighted by Gasteiger charge is -2.30. The van der Waals surface area contributed by atoms with Gasteiger partial charge in [0, 0.05) is 18.8 Å². The van der Waals surface area contributed by atoms with Gasteiger partial charge in [-0.2, -0.15) is 0 Å². The fourth-order valence-corrected chi connectivity index (χ4v) is 2.89. The third-order valence-corrected chi connectivity index (χ3v) is 4.98. The van der Waals surface area contributed by atoms with Crippen molar-refractivity contribution in [3.05, 3.63) is 29.3 Å². The number of aryl methyl sites for hydroxylation is 1. The number of benzene rings is 1. The lowest BCUT2D eigenvalue weighted by atomic mass is 9.88. The quantitative estimate of drug-likeness (QED) is 0.832. The summed E-state index contributed by atoms with van der Waals surface area (Å²) in [5, 5.41) is 12.9. The molecule has 1 aliphatic rings. The van der Waals surface area contributed by atoms with Crippen LogP contribution in [0.15, 0.2) is 18.2 Å². The minimum Gasteiger partial charge on any atom is -0.388 e. The van der Waals surface area contributed by atoms with Gasteiger partial charge >= 0.3 is 11.8 Å². The molecule has 0 saturated carbocycles. The van der Waals surface area contributed by atoms with Gasteiger partial charge in [-0.1, -0.05) is 32.4 Å². The highest BCUT2D eigenvalue weighted by atomic mass is 16.3. The van der Waals surface area contributed by atoms with E-state index in [1.807, 2.05) is 39.0 Å². The standard InChI is InChI=1S/C18H26N2O3/c1-5-13(3)18(4,23)11-19-16(21)17(22)20-10-9-14-12(2)7-6-8-15(14)20/h6-8,13,23H,5,9-11H2,1-4H3,(H,19,21). The molecule has 2 unspecified atom stereocenters. The third kappa shape index (κ3) is 3.55. The molecule has 1 aromatic carbocycles. The number of aliphatic hydroxyl groups is 1. The van der Waals surface area contributed by atoms with E-state index in [1.54, 1.807) is 6.92 Å². The molecule has 23 heavy (non-hydrogen) atoms. The lowest BCUT2D eigenvalue weighted by Crippen LogP contribution is -2.49. The Balaban J connectivity index is 2.03. The minimum absolute atomic E-state index is 0.0352. The molecule has 5 nitrogen and oxygen atoms in total. The fourth-order valence-electron chi connectivity index (χ4n) is 2.89. The Morgan fingerprint density at radius 2 is 2.13 bits per heavy atom. The van der Waals surface area contributed by atoms with Gasteiger partial charge in [0.2, 0.25) is 0 Å². The van der Waals surface area contributed by atoms with Crippen LogP contribution < -0.4 is 10.2 Å². The molecular formula is C18H26N2O3. The number of amides is 2. The second-order valence-electron chi connectivity index (χ2n) is 6.63. The van der Waals surface area contributed by atoms with Crippen LogP contribution in [0.4, 0.5) is 5.69 Å². The molecule has 2 amide bonds. The SMILES string of the molecule is CCC(C)C(C)(O)CNC(=O)C(=O)N1CCc2c(C)cccc21. The molecule has 2 atom stereocenters. The van der Waals surface area contributed by atoms with Crippen LogP contribution >= 0.6 is 0 Å². The number of carbonyl (C=O) groups is 2. The van der Waals surface area contributed by atoms with Gasteiger partial charge < -0.3 is 15.3 Å². The van der Waals surface area contributed by atoms with Gasteiger partial charge in [-0.15, -0.1) is 0 Å². The molecule has 1 aliphatic heterocycles. The Morgan fingerprint density at radius 3 is 2.78 bits per heavy atom. The minimum atomic E-state index is -1.02. The average molecular weight is 318 g/mol. The number of nitrogens with zero attached hydrogens (tertiary/aromatic N) is 1. The van der Waals surface area contributed by atoms with E-state index in [1.165, 1.54) is 4.90 Å². The molecule has 2 N–H and O–H groups in total. The summed E-state index contributed by atoms with van der Waals surface area (Å²) in [4.78, 5) is 26.1. The predicted molar refractivity (Wildman–Crippen MR) is 90.3 cm³/mol. The smallest absolute Gasteiger partial charge is 0.316 e. The van der Waals surface area contributed by atoms with E-state index < -0.39 is 17.4 Å². The number of nitrogens with one attached hydrogen (secondary N) is 1. The Kier molecular flexibility index (Phi) is 5.09. The van der Waals surface area contributed by atoms with E-state index in [0.29, 0.717) is 6.54 Å². The molecule has 2 rings (SSSR count). The Bertz CT molecular complexity index is 610. The van der Waals surface area contributed by atoms with Gasteiger partial charge in [0.25, 0.3) is 0 Å². The number of rotatable bonds is 4. The topological polar surface area (TPSA) is 69.6 Å². The lowest BCUT2D eigenvalue weighted by molar-refractivity contribution is -0.138. The third-order valence-electron chi connectivity index (χ3n) is 4.98. The molecule has 0 spiro atoms. The second kappa shape index (κ2) is 6.71. The summed E-state index contributed by atoms with van der Waals surface area (Å²) in [6.45, 7) is 8.19. The summed E-state index contributed by atoms with van der Waals surface area (Å²) in [5.41, 5.74) is 2.06. The summed E-state index contributed by atoms with van der Waals surface area (Å²) in [5.74, 6) is -1.19. The number of hydrogen-bond donors (Lipinski definition) is 2. The van der Waals surface area contributed by atoms with Gasteiger partial charge in [0.1, 0.15) is 0 Å². The molecule has 0 bridgehead atoms. The van der Waals surface area contributed by atoms with E-state index >= 15 is 0 Å². The highest BCUT2D eigenvalue weighted by Crippen LogP contribution is 2.30. The number of hydrogen-bond acceptors (Lipinski definition) is 3. The van der Waals surface area contributed by atoms with E-state index in [0.717, 1.165) is 29.7 Å². The Morgan fingerprint density at radius 1 is 1.43 bits per heavy atom. The van der Waals surface area contributed by atoms with E-state index in [2.05, 4.69) is 5.32 Å². The molecule has 0 aliphatic carbocycles. The van der Waals surface area contributed by atoms with Crippen LogP contribution in [-0.2, 0) is 16.0 Å². The maximum atomic E-state index is 12.4. The van der Waals surface area contributed by atoms with Gasteiger partial charge in [0.05, 0.1) is 5.60 Å². The molecule has 1 aromatic rings. The van der Waals surface area contributed by atoms with Crippen LogP contribution in [0.3, 0.4) is 0 Å². The summed E-state index contributed by atoms with van der Waals surface area (Å²) in [6.07, 6.45) is 1.57. The summed E-state index contributed by atoms with van der Waals surface area (Å²) in [7, 11) is 0. The summed E-state index contributed by atoms with van der Waals surface area (Å²) >= 11 is 0. The fraction of sp³-hybridized carbons (Fsp3) is 0.556. The maximum Gasteiger partial charge on any atom is 0.316 e. The normalized spacial score (nSPS) is 17.3. The highest BCUT2D eigenvalue weighted by molar-refractivity contribution is 6.40. The van der Waals surface area contributed by atoms with E-state index in [9.17, 15) is 14.7 Å². The van der Waals surface area contributed by atoms with Crippen LogP contribution in [0.25, 0.3) is 0 Å². The van der Waals surface area contributed by atoms with Crippen LogP contribution in [0.2, 0.25) is 0 Å².